The van der Waals surface area contributed by atoms with Crippen molar-refractivity contribution in [2.75, 3.05) is 18.0 Å². The lowest BCUT2D eigenvalue weighted by molar-refractivity contribution is 0.199. The molecule has 17 heavy (non-hydrogen) atoms. The summed E-state index contributed by atoms with van der Waals surface area (Å²) < 4.78 is 13.2. The van der Waals surface area contributed by atoms with Gasteiger partial charge in [-0.1, -0.05) is 13.8 Å². The highest BCUT2D eigenvalue weighted by Gasteiger charge is 2.14. The van der Waals surface area contributed by atoms with Crippen LogP contribution in [0.2, 0.25) is 0 Å². The van der Waals surface area contributed by atoms with Crippen molar-refractivity contribution in [1.29, 1.82) is 0 Å². The number of nitrogens with zero attached hydrogens (tertiary/aromatic N) is 1. The lowest BCUT2D eigenvalue weighted by atomic mass is 10.1. The molecule has 1 unspecified atom stereocenters. The van der Waals surface area contributed by atoms with Gasteiger partial charge in [-0.05, 0) is 38.0 Å². The van der Waals surface area contributed by atoms with E-state index >= 15 is 0 Å². The van der Waals surface area contributed by atoms with E-state index in [1.54, 1.807) is 13.0 Å². The molecule has 0 saturated heterocycles. The zero-order valence-electron chi connectivity index (χ0n) is 10.9. The van der Waals surface area contributed by atoms with Gasteiger partial charge in [0.2, 0.25) is 0 Å². The summed E-state index contributed by atoms with van der Waals surface area (Å²) in [5.74, 6) is -0.294. The molecule has 0 saturated carbocycles. The Bertz CT molecular complexity index is 346. The van der Waals surface area contributed by atoms with E-state index in [2.05, 4.69) is 18.7 Å². The third-order valence-corrected chi connectivity index (χ3v) is 2.77. The first-order chi connectivity index (χ1) is 8.10. The number of rotatable bonds is 6. The van der Waals surface area contributed by atoms with E-state index in [1.807, 2.05) is 0 Å². The van der Waals surface area contributed by atoms with Crippen LogP contribution in [0.15, 0.2) is 18.2 Å². The number of aliphatic hydroxyl groups is 1. The molecule has 0 aliphatic carbocycles. The molecule has 96 valence electrons. The number of hydrogen-bond acceptors (Lipinski definition) is 2. The highest BCUT2D eigenvalue weighted by molar-refractivity contribution is 5.54. The molecule has 2 nitrogen and oxygen atoms in total. The Hall–Kier alpha value is -1.09. The van der Waals surface area contributed by atoms with Crippen LogP contribution in [0.3, 0.4) is 0 Å². The van der Waals surface area contributed by atoms with E-state index in [1.165, 1.54) is 12.1 Å². The molecule has 0 amide bonds. The molecule has 0 heterocycles. The first-order valence-corrected chi connectivity index (χ1v) is 6.32. The summed E-state index contributed by atoms with van der Waals surface area (Å²) in [6.07, 6.45) is 1.43. The first kappa shape index (κ1) is 14.0. The van der Waals surface area contributed by atoms with Gasteiger partial charge in [0, 0.05) is 24.3 Å². The molecule has 0 spiro atoms. The van der Waals surface area contributed by atoms with E-state index in [-0.39, 0.29) is 5.82 Å². The number of halogens is 1. The van der Waals surface area contributed by atoms with Crippen molar-refractivity contribution in [3.63, 3.8) is 0 Å². The highest BCUT2D eigenvalue weighted by atomic mass is 19.1. The molecule has 0 radical (unpaired) electrons. The quantitative estimate of drug-likeness (QED) is 0.821. The maximum absolute atomic E-state index is 13.2. The zero-order valence-corrected chi connectivity index (χ0v) is 10.9. The van der Waals surface area contributed by atoms with Crippen molar-refractivity contribution < 1.29 is 9.50 Å². The van der Waals surface area contributed by atoms with E-state index in [0.717, 1.165) is 31.6 Å². The largest absolute Gasteiger partial charge is 0.389 e. The summed E-state index contributed by atoms with van der Waals surface area (Å²) in [4.78, 5) is 2.21. The van der Waals surface area contributed by atoms with Gasteiger partial charge in [0.1, 0.15) is 5.82 Å². The molecule has 1 atom stereocenters. The van der Waals surface area contributed by atoms with Crippen molar-refractivity contribution in [2.45, 2.75) is 39.7 Å². The third-order valence-electron chi connectivity index (χ3n) is 2.77. The van der Waals surface area contributed by atoms with Gasteiger partial charge < -0.3 is 10.0 Å². The Kier molecular flexibility index (Phi) is 5.42. The van der Waals surface area contributed by atoms with Crippen LogP contribution < -0.4 is 4.90 Å². The van der Waals surface area contributed by atoms with Crippen molar-refractivity contribution >= 4 is 5.69 Å². The predicted octanol–water partition coefficient (Wildman–Crippen LogP) is 3.51. The van der Waals surface area contributed by atoms with Crippen molar-refractivity contribution in [1.82, 2.24) is 0 Å². The van der Waals surface area contributed by atoms with Gasteiger partial charge in [0.25, 0.3) is 0 Å². The minimum absolute atomic E-state index is 0.294. The number of benzene rings is 1. The van der Waals surface area contributed by atoms with Crippen LogP contribution in [0, 0.1) is 5.82 Å². The lowest BCUT2D eigenvalue weighted by Crippen LogP contribution is -2.26. The van der Waals surface area contributed by atoms with Crippen LogP contribution in [-0.4, -0.2) is 18.2 Å². The number of aliphatic hydroxyl groups excluding tert-OH is 1. The van der Waals surface area contributed by atoms with Gasteiger partial charge in [-0.15, -0.1) is 0 Å². The lowest BCUT2D eigenvalue weighted by Gasteiger charge is -2.27. The first-order valence-electron chi connectivity index (χ1n) is 6.32. The van der Waals surface area contributed by atoms with Gasteiger partial charge in [0.05, 0.1) is 6.10 Å². The summed E-state index contributed by atoms with van der Waals surface area (Å²) in [6, 6.07) is 4.65. The molecule has 3 heteroatoms. The second-order valence-corrected chi connectivity index (χ2v) is 4.37. The van der Waals surface area contributed by atoms with E-state index in [4.69, 9.17) is 0 Å². The minimum Gasteiger partial charge on any atom is -0.389 e. The maximum atomic E-state index is 13.2. The monoisotopic (exact) mass is 239 g/mol. The Morgan fingerprint density at radius 3 is 2.29 bits per heavy atom. The molecule has 1 aromatic carbocycles. The number of anilines is 1. The molecule has 1 rings (SSSR count). The highest BCUT2D eigenvalue weighted by Crippen LogP contribution is 2.27. The molecule has 0 aromatic heterocycles. The summed E-state index contributed by atoms with van der Waals surface area (Å²) in [7, 11) is 0. The minimum atomic E-state index is -0.642. The summed E-state index contributed by atoms with van der Waals surface area (Å²) in [6.45, 7) is 7.77. The SMILES string of the molecule is CCCN(CCC)c1ccc(F)cc1C(C)O. The molecule has 0 fully saturated rings. The van der Waals surface area contributed by atoms with Crippen LogP contribution in [-0.2, 0) is 0 Å². The van der Waals surface area contributed by atoms with Gasteiger partial charge in [0.15, 0.2) is 0 Å². The van der Waals surface area contributed by atoms with E-state index in [9.17, 15) is 9.50 Å². The van der Waals surface area contributed by atoms with Gasteiger partial charge in [-0.3, -0.25) is 0 Å². The third kappa shape index (κ3) is 3.70. The fraction of sp³-hybridized carbons (Fsp3) is 0.571. The van der Waals surface area contributed by atoms with Crippen LogP contribution in [0.1, 0.15) is 45.3 Å². The topological polar surface area (TPSA) is 23.5 Å². The molecular weight excluding hydrogens is 217 g/mol. The predicted molar refractivity (Wildman–Crippen MR) is 69.8 cm³/mol. The Morgan fingerprint density at radius 2 is 1.82 bits per heavy atom. The maximum Gasteiger partial charge on any atom is 0.123 e. The molecular formula is C14H22FNO. The van der Waals surface area contributed by atoms with Crippen molar-refractivity contribution in [2.24, 2.45) is 0 Å². The summed E-state index contributed by atoms with van der Waals surface area (Å²) in [5, 5.41) is 9.72. The van der Waals surface area contributed by atoms with Crippen LogP contribution in [0.5, 0.6) is 0 Å². The summed E-state index contributed by atoms with van der Waals surface area (Å²) >= 11 is 0. The second kappa shape index (κ2) is 6.60. The van der Waals surface area contributed by atoms with Crippen molar-refractivity contribution in [3.8, 4) is 0 Å². The Morgan fingerprint density at radius 1 is 1.24 bits per heavy atom. The average molecular weight is 239 g/mol. The van der Waals surface area contributed by atoms with Crippen LogP contribution >= 0.6 is 0 Å². The van der Waals surface area contributed by atoms with Gasteiger partial charge >= 0.3 is 0 Å². The normalized spacial score (nSPS) is 12.5. The van der Waals surface area contributed by atoms with Gasteiger partial charge in [-0.2, -0.15) is 0 Å². The standard InChI is InChI=1S/C14H22FNO/c1-4-8-16(9-5-2)14-7-6-12(15)10-13(14)11(3)17/h6-7,10-11,17H,4-5,8-9H2,1-3H3. The zero-order chi connectivity index (χ0) is 12.8. The molecule has 1 aromatic rings. The van der Waals surface area contributed by atoms with E-state index < -0.39 is 6.10 Å². The van der Waals surface area contributed by atoms with Gasteiger partial charge in [-0.25, -0.2) is 4.39 Å². The second-order valence-electron chi connectivity index (χ2n) is 4.37. The van der Waals surface area contributed by atoms with Crippen LogP contribution in [0.4, 0.5) is 10.1 Å². The molecule has 0 aliphatic heterocycles. The summed E-state index contributed by atoms with van der Waals surface area (Å²) in [5.41, 5.74) is 1.62. The molecule has 0 aliphatic rings. The van der Waals surface area contributed by atoms with Crippen LogP contribution in [0.25, 0.3) is 0 Å². The smallest absolute Gasteiger partial charge is 0.123 e. The van der Waals surface area contributed by atoms with Crippen molar-refractivity contribution in [3.05, 3.63) is 29.6 Å². The number of hydrogen-bond donors (Lipinski definition) is 1. The fourth-order valence-electron chi connectivity index (χ4n) is 2.04. The molecule has 0 bridgehead atoms. The Labute approximate surface area is 103 Å². The Balaban J connectivity index is 3.07. The van der Waals surface area contributed by atoms with E-state index in [0.29, 0.717) is 5.56 Å². The fourth-order valence-corrected chi connectivity index (χ4v) is 2.04. The average Bonchev–Trinajstić information content (AvgIpc) is 2.28. The molecule has 1 N–H and O–H groups in total.